The average Bonchev–Trinajstić information content (AvgIpc) is 3.31. The second kappa shape index (κ2) is 9.26. The quantitative estimate of drug-likeness (QED) is 0.564. The highest BCUT2D eigenvalue weighted by Gasteiger charge is 2.55. The lowest BCUT2D eigenvalue weighted by molar-refractivity contribution is -0.131. The van der Waals surface area contributed by atoms with Crippen molar-refractivity contribution in [2.24, 2.45) is 5.92 Å². The van der Waals surface area contributed by atoms with Crippen LogP contribution in [0.15, 0.2) is 48.5 Å². The molecular formula is C24H31N3O4. The van der Waals surface area contributed by atoms with E-state index in [0.29, 0.717) is 13.2 Å². The molecule has 166 valence electrons. The molecule has 0 bridgehead atoms. The molecule has 31 heavy (non-hydrogen) atoms. The maximum absolute atomic E-state index is 13.4. The number of hydrogen-bond acceptors (Lipinski definition) is 6. The number of rotatable bonds is 8. The third-order valence-corrected chi connectivity index (χ3v) is 6.14. The SMILES string of the molecule is COc1ccc(C2C3C(NNC3c3ccccc3O)C(=O)N2CCCOC(C)C)cc1. The van der Waals surface area contributed by atoms with Gasteiger partial charge in [-0.05, 0) is 44.0 Å². The van der Waals surface area contributed by atoms with Gasteiger partial charge in [0.05, 0.1) is 25.3 Å². The minimum Gasteiger partial charge on any atom is -0.508 e. The fraction of sp³-hybridized carbons (Fsp3) is 0.458. The molecule has 2 heterocycles. The molecule has 2 fully saturated rings. The number of hydrazine groups is 1. The molecule has 0 radical (unpaired) electrons. The predicted molar refractivity (Wildman–Crippen MR) is 118 cm³/mol. The number of nitrogens with one attached hydrogen (secondary N) is 2. The molecule has 1 amide bonds. The molecule has 4 rings (SSSR count). The summed E-state index contributed by atoms with van der Waals surface area (Å²) in [5.41, 5.74) is 8.30. The highest BCUT2D eigenvalue weighted by atomic mass is 16.5. The first-order chi connectivity index (χ1) is 15.0. The van der Waals surface area contributed by atoms with Crippen molar-refractivity contribution in [1.82, 2.24) is 15.8 Å². The maximum Gasteiger partial charge on any atom is 0.242 e. The second-order valence-corrected chi connectivity index (χ2v) is 8.40. The Morgan fingerprint density at radius 3 is 2.45 bits per heavy atom. The van der Waals surface area contributed by atoms with Crippen LogP contribution in [0.2, 0.25) is 0 Å². The van der Waals surface area contributed by atoms with Gasteiger partial charge in [0.15, 0.2) is 0 Å². The molecule has 7 nitrogen and oxygen atoms in total. The number of carbonyl (C=O) groups excluding carboxylic acids is 1. The first-order valence-electron chi connectivity index (χ1n) is 10.9. The van der Waals surface area contributed by atoms with Crippen molar-refractivity contribution >= 4 is 5.91 Å². The summed E-state index contributed by atoms with van der Waals surface area (Å²) >= 11 is 0. The predicted octanol–water partition coefficient (Wildman–Crippen LogP) is 2.93. The minimum absolute atomic E-state index is 0.0692. The summed E-state index contributed by atoms with van der Waals surface area (Å²) in [4.78, 5) is 15.3. The second-order valence-electron chi connectivity index (χ2n) is 8.40. The van der Waals surface area contributed by atoms with Gasteiger partial charge in [0.2, 0.25) is 5.91 Å². The number of para-hydroxylation sites is 1. The van der Waals surface area contributed by atoms with Crippen LogP contribution < -0.4 is 15.6 Å². The number of fused-ring (bicyclic) bond motifs is 1. The summed E-state index contributed by atoms with van der Waals surface area (Å²) in [6.45, 7) is 5.25. The van der Waals surface area contributed by atoms with Crippen molar-refractivity contribution in [3.63, 3.8) is 0 Å². The van der Waals surface area contributed by atoms with Gasteiger partial charge in [-0.15, -0.1) is 0 Å². The zero-order valence-electron chi connectivity index (χ0n) is 18.2. The van der Waals surface area contributed by atoms with E-state index < -0.39 is 0 Å². The summed E-state index contributed by atoms with van der Waals surface area (Å²) in [5, 5.41) is 10.5. The minimum atomic E-state index is -0.359. The normalized spacial score (nSPS) is 25.3. The Morgan fingerprint density at radius 2 is 1.77 bits per heavy atom. The van der Waals surface area contributed by atoms with Gasteiger partial charge in [0, 0.05) is 24.6 Å². The molecule has 2 aromatic rings. The van der Waals surface area contributed by atoms with Crippen molar-refractivity contribution < 1.29 is 19.4 Å². The van der Waals surface area contributed by atoms with Gasteiger partial charge in [-0.3, -0.25) is 4.79 Å². The molecule has 7 heteroatoms. The monoisotopic (exact) mass is 425 g/mol. The molecule has 2 saturated heterocycles. The molecule has 0 aromatic heterocycles. The average molecular weight is 426 g/mol. The first-order valence-corrected chi connectivity index (χ1v) is 10.9. The molecular weight excluding hydrogens is 394 g/mol. The maximum atomic E-state index is 13.4. The Labute approximate surface area is 183 Å². The Kier molecular flexibility index (Phi) is 6.46. The van der Waals surface area contributed by atoms with Crippen LogP contribution in [0.4, 0.5) is 0 Å². The summed E-state index contributed by atoms with van der Waals surface area (Å²) in [6.07, 6.45) is 0.937. The van der Waals surface area contributed by atoms with E-state index in [0.717, 1.165) is 23.3 Å². The number of phenols is 1. The van der Waals surface area contributed by atoms with Gasteiger partial charge in [0.25, 0.3) is 0 Å². The first kappa shape index (κ1) is 21.6. The van der Waals surface area contributed by atoms with Crippen LogP contribution in [0.1, 0.15) is 43.5 Å². The van der Waals surface area contributed by atoms with Crippen molar-refractivity contribution in [3.8, 4) is 11.5 Å². The number of carbonyl (C=O) groups is 1. The van der Waals surface area contributed by atoms with Crippen LogP contribution in [0.3, 0.4) is 0 Å². The molecule has 2 aliphatic rings. The fourth-order valence-corrected chi connectivity index (χ4v) is 4.72. The van der Waals surface area contributed by atoms with Crippen LogP contribution in [0.5, 0.6) is 11.5 Å². The summed E-state index contributed by atoms with van der Waals surface area (Å²) in [7, 11) is 1.64. The fourth-order valence-electron chi connectivity index (χ4n) is 4.72. The molecule has 3 N–H and O–H groups in total. The lowest BCUT2D eigenvalue weighted by atomic mass is 9.83. The van der Waals surface area contributed by atoms with Crippen LogP contribution in [-0.2, 0) is 9.53 Å². The van der Waals surface area contributed by atoms with Crippen molar-refractivity contribution in [2.75, 3.05) is 20.3 Å². The van der Waals surface area contributed by atoms with Crippen LogP contribution in [0.25, 0.3) is 0 Å². The zero-order valence-corrected chi connectivity index (χ0v) is 18.2. The molecule has 0 aliphatic carbocycles. The van der Waals surface area contributed by atoms with E-state index >= 15 is 0 Å². The van der Waals surface area contributed by atoms with Crippen LogP contribution in [0, 0.1) is 5.92 Å². The summed E-state index contributed by atoms with van der Waals surface area (Å²) < 4.78 is 11.0. The highest BCUT2D eigenvalue weighted by Crippen LogP contribution is 2.48. The number of phenolic OH excluding ortho intramolecular Hbond substituents is 1. The van der Waals surface area contributed by atoms with E-state index in [1.54, 1.807) is 19.2 Å². The van der Waals surface area contributed by atoms with Crippen molar-refractivity contribution in [2.45, 2.75) is 44.5 Å². The molecule has 2 aliphatic heterocycles. The Hall–Kier alpha value is -2.61. The largest absolute Gasteiger partial charge is 0.508 e. The third-order valence-electron chi connectivity index (χ3n) is 6.14. The third kappa shape index (κ3) is 4.26. The number of benzene rings is 2. The number of ether oxygens (including phenoxy) is 2. The summed E-state index contributed by atoms with van der Waals surface area (Å²) in [6, 6.07) is 14.5. The summed E-state index contributed by atoms with van der Waals surface area (Å²) in [5.74, 6) is 1.01. The van der Waals surface area contributed by atoms with E-state index in [-0.39, 0.29) is 41.8 Å². The number of hydrogen-bond donors (Lipinski definition) is 3. The van der Waals surface area contributed by atoms with E-state index in [1.807, 2.05) is 55.1 Å². The smallest absolute Gasteiger partial charge is 0.242 e. The molecule has 0 spiro atoms. The van der Waals surface area contributed by atoms with E-state index in [1.165, 1.54) is 0 Å². The number of likely N-dealkylation sites (tertiary alicyclic amines) is 1. The van der Waals surface area contributed by atoms with Crippen LogP contribution in [-0.4, -0.2) is 48.3 Å². The van der Waals surface area contributed by atoms with E-state index in [2.05, 4.69) is 10.9 Å². The number of methoxy groups -OCH3 is 1. The van der Waals surface area contributed by atoms with Crippen LogP contribution >= 0.6 is 0 Å². The van der Waals surface area contributed by atoms with Gasteiger partial charge in [-0.1, -0.05) is 30.3 Å². The van der Waals surface area contributed by atoms with Gasteiger partial charge in [0.1, 0.15) is 17.5 Å². The van der Waals surface area contributed by atoms with Gasteiger partial charge in [-0.2, -0.15) is 0 Å². The van der Waals surface area contributed by atoms with Gasteiger partial charge < -0.3 is 19.5 Å². The molecule has 4 unspecified atom stereocenters. The molecule has 4 atom stereocenters. The lowest BCUT2D eigenvalue weighted by Crippen LogP contribution is -2.41. The Bertz CT molecular complexity index is 902. The van der Waals surface area contributed by atoms with Gasteiger partial charge in [-0.25, -0.2) is 10.9 Å². The number of amides is 1. The lowest BCUT2D eigenvalue weighted by Gasteiger charge is -2.31. The highest BCUT2D eigenvalue weighted by molar-refractivity contribution is 5.86. The zero-order chi connectivity index (χ0) is 22.0. The van der Waals surface area contributed by atoms with E-state index in [9.17, 15) is 9.90 Å². The van der Waals surface area contributed by atoms with Crippen molar-refractivity contribution in [3.05, 3.63) is 59.7 Å². The molecule has 2 aromatic carbocycles. The van der Waals surface area contributed by atoms with Crippen molar-refractivity contribution in [1.29, 1.82) is 0 Å². The molecule has 0 saturated carbocycles. The Balaban J connectivity index is 1.66. The van der Waals surface area contributed by atoms with Gasteiger partial charge >= 0.3 is 0 Å². The van der Waals surface area contributed by atoms with E-state index in [4.69, 9.17) is 9.47 Å². The Morgan fingerprint density at radius 1 is 1.06 bits per heavy atom. The number of nitrogens with zero attached hydrogens (tertiary/aromatic N) is 1. The topological polar surface area (TPSA) is 83.1 Å². The number of aromatic hydroxyl groups is 1. The standard InChI is InChI=1S/C24H31N3O4/c1-15(2)31-14-6-13-27-23(16-9-11-17(30-3)12-10-16)20-21(25-26-22(20)24(27)29)18-7-4-5-8-19(18)28/h4-5,7-12,15,20-23,25-26,28H,6,13-14H2,1-3H3.